The summed E-state index contributed by atoms with van der Waals surface area (Å²) >= 11 is 7.27. The third-order valence-corrected chi connectivity index (χ3v) is 4.62. The molecule has 0 radical (unpaired) electrons. The second-order valence-corrected chi connectivity index (χ2v) is 6.94. The summed E-state index contributed by atoms with van der Waals surface area (Å²) in [6.07, 6.45) is 0.173. The largest absolute Gasteiger partial charge is 0.486 e. The second kappa shape index (κ2) is 8.78. The van der Waals surface area contributed by atoms with Crippen LogP contribution in [0.15, 0.2) is 53.9 Å². The van der Waals surface area contributed by atoms with E-state index in [4.69, 9.17) is 16.3 Å². The fraction of sp³-hybridized carbons (Fsp3) is 0.158. The van der Waals surface area contributed by atoms with E-state index in [1.54, 1.807) is 36.4 Å². The molecule has 0 aliphatic heterocycles. The van der Waals surface area contributed by atoms with Crippen LogP contribution >= 0.6 is 22.9 Å². The molecule has 1 aromatic heterocycles. The minimum Gasteiger partial charge on any atom is -0.486 e. The molecule has 3 rings (SSSR count). The highest BCUT2D eigenvalue weighted by molar-refractivity contribution is 7.09. The predicted molar refractivity (Wildman–Crippen MR) is 99.8 cm³/mol. The Balaban J connectivity index is 1.46. The molecule has 1 N–H and O–H groups in total. The van der Waals surface area contributed by atoms with Crippen molar-refractivity contribution in [3.8, 4) is 5.75 Å². The lowest BCUT2D eigenvalue weighted by molar-refractivity contribution is -0.120. The van der Waals surface area contributed by atoms with Gasteiger partial charge in [0.25, 0.3) is 0 Å². The molecule has 26 heavy (non-hydrogen) atoms. The van der Waals surface area contributed by atoms with Gasteiger partial charge in [-0.05, 0) is 42.0 Å². The van der Waals surface area contributed by atoms with Crippen LogP contribution in [-0.2, 0) is 24.4 Å². The average Bonchev–Trinajstić information content (AvgIpc) is 3.07. The standard InChI is InChI=1S/C19H16ClFN2O2S/c20-14-4-6-17(7-5-14)25-11-19-23-16(12-26-19)9-18(24)22-10-13-2-1-3-15(21)8-13/h1-8,12H,9-11H2,(H,22,24). The molecular weight excluding hydrogens is 375 g/mol. The van der Waals surface area contributed by atoms with Crippen molar-refractivity contribution >= 4 is 28.8 Å². The van der Waals surface area contributed by atoms with Gasteiger partial charge in [-0.25, -0.2) is 9.37 Å². The van der Waals surface area contributed by atoms with Crippen molar-refractivity contribution in [2.24, 2.45) is 0 Å². The van der Waals surface area contributed by atoms with E-state index in [0.29, 0.717) is 28.6 Å². The number of hydrogen-bond acceptors (Lipinski definition) is 4. The number of nitrogens with zero attached hydrogens (tertiary/aromatic N) is 1. The molecule has 1 amide bonds. The molecule has 3 aromatic rings. The van der Waals surface area contributed by atoms with Crippen molar-refractivity contribution in [2.45, 2.75) is 19.6 Å². The molecule has 0 unspecified atom stereocenters. The molecule has 2 aromatic carbocycles. The van der Waals surface area contributed by atoms with E-state index in [1.807, 2.05) is 5.38 Å². The first-order valence-electron chi connectivity index (χ1n) is 7.91. The Morgan fingerprint density at radius 2 is 2.04 bits per heavy atom. The van der Waals surface area contributed by atoms with Gasteiger partial charge in [-0.3, -0.25) is 4.79 Å². The number of hydrogen-bond donors (Lipinski definition) is 1. The van der Waals surface area contributed by atoms with Crippen molar-refractivity contribution in [3.63, 3.8) is 0 Å². The molecule has 4 nitrogen and oxygen atoms in total. The summed E-state index contributed by atoms with van der Waals surface area (Å²) < 4.78 is 18.8. The number of rotatable bonds is 7. The van der Waals surface area contributed by atoms with E-state index in [-0.39, 0.29) is 24.7 Å². The second-order valence-electron chi connectivity index (χ2n) is 5.56. The van der Waals surface area contributed by atoms with E-state index < -0.39 is 0 Å². The third-order valence-electron chi connectivity index (χ3n) is 3.50. The van der Waals surface area contributed by atoms with Gasteiger partial charge in [0.05, 0.1) is 12.1 Å². The Hall–Kier alpha value is -2.44. The Kier molecular flexibility index (Phi) is 6.20. The molecule has 1 heterocycles. The van der Waals surface area contributed by atoms with Crippen LogP contribution in [0.2, 0.25) is 5.02 Å². The van der Waals surface area contributed by atoms with Gasteiger partial charge in [0.15, 0.2) is 0 Å². The lowest BCUT2D eigenvalue weighted by Crippen LogP contribution is -2.24. The SMILES string of the molecule is O=C(Cc1csc(COc2ccc(Cl)cc2)n1)NCc1cccc(F)c1. The molecule has 0 saturated carbocycles. The molecule has 0 aliphatic rings. The highest BCUT2D eigenvalue weighted by Crippen LogP contribution is 2.18. The first-order chi connectivity index (χ1) is 12.6. The fourth-order valence-corrected chi connectivity index (χ4v) is 3.08. The van der Waals surface area contributed by atoms with E-state index in [1.165, 1.54) is 23.5 Å². The average molecular weight is 391 g/mol. The maximum Gasteiger partial charge on any atom is 0.226 e. The van der Waals surface area contributed by atoms with Crippen molar-refractivity contribution < 1.29 is 13.9 Å². The maximum absolute atomic E-state index is 13.1. The lowest BCUT2D eigenvalue weighted by Gasteiger charge is -2.05. The molecular formula is C19H16ClFN2O2S. The smallest absolute Gasteiger partial charge is 0.226 e. The number of nitrogens with one attached hydrogen (secondary N) is 1. The number of benzene rings is 2. The lowest BCUT2D eigenvalue weighted by atomic mass is 10.2. The molecule has 0 saturated heterocycles. The van der Waals surface area contributed by atoms with Crippen LogP contribution < -0.4 is 10.1 Å². The Labute approximate surface area is 159 Å². The predicted octanol–water partition coefficient (Wildman–Crippen LogP) is 4.37. The molecule has 0 atom stereocenters. The number of carbonyl (C=O) groups excluding carboxylic acids is 1. The molecule has 0 spiro atoms. The van der Waals surface area contributed by atoms with Crippen molar-refractivity contribution in [1.82, 2.24) is 10.3 Å². The highest BCUT2D eigenvalue weighted by Gasteiger charge is 2.08. The van der Waals surface area contributed by atoms with Gasteiger partial charge in [0, 0.05) is 16.9 Å². The molecule has 0 aliphatic carbocycles. The topological polar surface area (TPSA) is 51.2 Å². The van der Waals surface area contributed by atoms with Gasteiger partial charge < -0.3 is 10.1 Å². The summed E-state index contributed by atoms with van der Waals surface area (Å²) in [6.45, 7) is 0.616. The first kappa shape index (κ1) is 18.4. The minimum atomic E-state index is -0.318. The van der Waals surface area contributed by atoms with Crippen molar-refractivity contribution in [3.05, 3.63) is 81.0 Å². The normalized spacial score (nSPS) is 10.5. The summed E-state index contributed by atoms with van der Waals surface area (Å²) in [4.78, 5) is 16.4. The van der Waals surface area contributed by atoms with Crippen molar-refractivity contribution in [1.29, 1.82) is 0 Å². The van der Waals surface area contributed by atoms with E-state index in [2.05, 4.69) is 10.3 Å². The summed E-state index contributed by atoms with van der Waals surface area (Å²) in [6, 6.07) is 13.2. The van der Waals surface area contributed by atoms with Gasteiger partial charge in [0.1, 0.15) is 23.2 Å². The van der Waals surface area contributed by atoms with Gasteiger partial charge in [-0.15, -0.1) is 11.3 Å². The van der Waals surface area contributed by atoms with Crippen LogP contribution in [0.1, 0.15) is 16.3 Å². The van der Waals surface area contributed by atoms with E-state index >= 15 is 0 Å². The zero-order valence-electron chi connectivity index (χ0n) is 13.7. The summed E-state index contributed by atoms with van der Waals surface area (Å²) in [5.74, 6) is 0.227. The van der Waals surface area contributed by atoms with Crippen molar-refractivity contribution in [2.75, 3.05) is 0 Å². The number of carbonyl (C=O) groups is 1. The number of ether oxygens (including phenoxy) is 1. The van der Waals surface area contributed by atoms with E-state index in [0.717, 1.165) is 5.01 Å². The van der Waals surface area contributed by atoms with Gasteiger partial charge in [-0.2, -0.15) is 0 Å². The highest BCUT2D eigenvalue weighted by atomic mass is 35.5. The molecule has 7 heteroatoms. The summed E-state index contributed by atoms with van der Waals surface area (Å²) in [5.41, 5.74) is 1.40. The Morgan fingerprint density at radius 3 is 2.81 bits per heavy atom. The zero-order valence-corrected chi connectivity index (χ0v) is 15.3. The number of amides is 1. The van der Waals surface area contributed by atoms with Crippen LogP contribution in [-0.4, -0.2) is 10.9 Å². The number of aromatic nitrogens is 1. The van der Waals surface area contributed by atoms with Gasteiger partial charge in [-0.1, -0.05) is 23.7 Å². The summed E-state index contributed by atoms with van der Waals surface area (Å²) in [5, 5.41) is 6.03. The fourth-order valence-electron chi connectivity index (χ4n) is 2.25. The van der Waals surface area contributed by atoms with Crippen LogP contribution in [0.5, 0.6) is 5.75 Å². The van der Waals surface area contributed by atoms with Gasteiger partial charge >= 0.3 is 0 Å². The molecule has 0 bridgehead atoms. The maximum atomic E-state index is 13.1. The monoisotopic (exact) mass is 390 g/mol. The Morgan fingerprint density at radius 1 is 1.23 bits per heavy atom. The number of thiazole rings is 1. The minimum absolute atomic E-state index is 0.162. The zero-order chi connectivity index (χ0) is 18.4. The third kappa shape index (κ3) is 5.54. The number of halogens is 2. The first-order valence-corrected chi connectivity index (χ1v) is 9.17. The van der Waals surface area contributed by atoms with Crippen LogP contribution in [0.4, 0.5) is 4.39 Å². The Bertz CT molecular complexity index is 883. The van der Waals surface area contributed by atoms with Gasteiger partial charge in [0.2, 0.25) is 5.91 Å². The molecule has 134 valence electrons. The van der Waals surface area contributed by atoms with Crippen LogP contribution in [0.25, 0.3) is 0 Å². The molecule has 0 fully saturated rings. The van der Waals surface area contributed by atoms with Crippen LogP contribution in [0.3, 0.4) is 0 Å². The quantitative estimate of drug-likeness (QED) is 0.651. The van der Waals surface area contributed by atoms with Crippen LogP contribution in [0, 0.1) is 5.82 Å². The van der Waals surface area contributed by atoms with E-state index in [9.17, 15) is 9.18 Å². The summed E-state index contributed by atoms with van der Waals surface area (Å²) in [7, 11) is 0.